The maximum atomic E-state index is 5.39. The molecule has 0 amide bonds. The van der Waals surface area contributed by atoms with Gasteiger partial charge in [-0.05, 0) is 12.8 Å². The molecule has 1 aromatic heterocycles. The molecule has 0 fully saturated rings. The summed E-state index contributed by atoms with van der Waals surface area (Å²) in [7, 11) is 0. The fraction of sp³-hybridized carbons (Fsp3) is 0.667. The van der Waals surface area contributed by atoms with Gasteiger partial charge in [-0.25, -0.2) is 15.8 Å². The minimum Gasteiger partial charge on any atom is -0.370 e. The highest BCUT2D eigenvalue weighted by atomic mass is 15.3. The van der Waals surface area contributed by atoms with Crippen LogP contribution in [-0.2, 0) is 6.42 Å². The van der Waals surface area contributed by atoms with Gasteiger partial charge in [-0.2, -0.15) is 0 Å². The maximum Gasteiger partial charge on any atom is 0.145 e. The van der Waals surface area contributed by atoms with E-state index in [0.29, 0.717) is 5.82 Å². The van der Waals surface area contributed by atoms with E-state index in [-0.39, 0.29) is 0 Å². The standard InChI is InChI=1S/C12H23N5/c1-3-5-6-8-14-11-9-12(17-13)16-10(15-11)7-4-2/h9H,3-8,13H2,1-2H3,(H2,14,15,16,17). The topological polar surface area (TPSA) is 75.9 Å². The zero-order valence-electron chi connectivity index (χ0n) is 10.8. The van der Waals surface area contributed by atoms with Crippen molar-refractivity contribution in [2.75, 3.05) is 17.3 Å². The van der Waals surface area contributed by atoms with Crippen LogP contribution in [0.5, 0.6) is 0 Å². The van der Waals surface area contributed by atoms with E-state index in [2.05, 4.69) is 34.6 Å². The third-order valence-electron chi connectivity index (χ3n) is 2.48. The zero-order chi connectivity index (χ0) is 12.5. The first-order valence-electron chi connectivity index (χ1n) is 6.38. The van der Waals surface area contributed by atoms with Crippen LogP contribution in [0.3, 0.4) is 0 Å². The highest BCUT2D eigenvalue weighted by Gasteiger charge is 2.02. The van der Waals surface area contributed by atoms with Crippen LogP contribution in [0.2, 0.25) is 0 Å². The molecular formula is C12H23N5. The third-order valence-corrected chi connectivity index (χ3v) is 2.48. The van der Waals surface area contributed by atoms with Crippen molar-refractivity contribution in [3.05, 3.63) is 11.9 Å². The molecule has 0 aromatic carbocycles. The molecule has 0 aliphatic rings. The predicted molar refractivity (Wildman–Crippen MR) is 71.9 cm³/mol. The lowest BCUT2D eigenvalue weighted by Gasteiger charge is -2.09. The second-order valence-electron chi connectivity index (χ2n) is 4.08. The number of rotatable bonds is 8. The van der Waals surface area contributed by atoms with Gasteiger partial charge in [-0.15, -0.1) is 0 Å². The average Bonchev–Trinajstić information content (AvgIpc) is 2.35. The Morgan fingerprint density at radius 3 is 2.53 bits per heavy atom. The van der Waals surface area contributed by atoms with E-state index in [4.69, 9.17) is 5.84 Å². The minimum absolute atomic E-state index is 0.668. The van der Waals surface area contributed by atoms with Crippen LogP contribution < -0.4 is 16.6 Å². The summed E-state index contributed by atoms with van der Waals surface area (Å²) in [4.78, 5) is 8.75. The van der Waals surface area contributed by atoms with Crippen molar-refractivity contribution < 1.29 is 0 Å². The third kappa shape index (κ3) is 4.99. The molecule has 0 spiro atoms. The lowest BCUT2D eigenvalue weighted by molar-refractivity contribution is 0.740. The number of aryl methyl sites for hydroxylation is 1. The van der Waals surface area contributed by atoms with Crippen molar-refractivity contribution in [2.45, 2.75) is 46.0 Å². The predicted octanol–water partition coefficient (Wildman–Crippen LogP) is 2.32. The molecule has 0 aliphatic heterocycles. The van der Waals surface area contributed by atoms with Crippen LogP contribution in [0, 0.1) is 0 Å². The van der Waals surface area contributed by atoms with Crippen LogP contribution in [0.25, 0.3) is 0 Å². The Balaban J connectivity index is 2.59. The summed E-state index contributed by atoms with van der Waals surface area (Å²) in [5.41, 5.74) is 2.58. The lowest BCUT2D eigenvalue weighted by Crippen LogP contribution is -2.12. The number of anilines is 2. The van der Waals surface area contributed by atoms with Gasteiger partial charge in [0.15, 0.2) is 0 Å². The molecule has 0 aliphatic carbocycles. The molecule has 0 saturated heterocycles. The van der Waals surface area contributed by atoms with Gasteiger partial charge in [0.2, 0.25) is 0 Å². The summed E-state index contributed by atoms with van der Waals surface area (Å²) in [6, 6.07) is 1.84. The van der Waals surface area contributed by atoms with Gasteiger partial charge >= 0.3 is 0 Å². The Kier molecular flexibility index (Phi) is 6.32. The summed E-state index contributed by atoms with van der Waals surface area (Å²) < 4.78 is 0. The van der Waals surface area contributed by atoms with Gasteiger partial charge in [0.05, 0.1) is 0 Å². The van der Waals surface area contributed by atoms with Gasteiger partial charge in [0, 0.05) is 19.0 Å². The van der Waals surface area contributed by atoms with E-state index in [0.717, 1.165) is 37.4 Å². The number of nitrogens with one attached hydrogen (secondary N) is 2. The molecule has 0 unspecified atom stereocenters. The van der Waals surface area contributed by atoms with Crippen LogP contribution in [-0.4, -0.2) is 16.5 Å². The smallest absolute Gasteiger partial charge is 0.145 e. The highest BCUT2D eigenvalue weighted by Crippen LogP contribution is 2.11. The van der Waals surface area contributed by atoms with Crippen molar-refractivity contribution in [3.8, 4) is 0 Å². The Morgan fingerprint density at radius 1 is 1.12 bits per heavy atom. The summed E-state index contributed by atoms with van der Waals surface area (Å²) in [6.07, 6.45) is 5.53. The number of hydrazine groups is 1. The first-order valence-corrected chi connectivity index (χ1v) is 6.38. The van der Waals surface area contributed by atoms with Crippen molar-refractivity contribution in [1.82, 2.24) is 9.97 Å². The van der Waals surface area contributed by atoms with Crippen LogP contribution in [0.15, 0.2) is 6.07 Å². The molecule has 17 heavy (non-hydrogen) atoms. The number of nitrogens with two attached hydrogens (primary N) is 1. The van der Waals surface area contributed by atoms with Crippen molar-refractivity contribution in [2.24, 2.45) is 5.84 Å². The van der Waals surface area contributed by atoms with E-state index in [1.807, 2.05) is 6.07 Å². The van der Waals surface area contributed by atoms with Crippen LogP contribution in [0.4, 0.5) is 11.6 Å². The largest absolute Gasteiger partial charge is 0.370 e. The molecule has 0 saturated carbocycles. The molecule has 0 atom stereocenters. The molecule has 0 bridgehead atoms. The molecule has 96 valence electrons. The number of nitrogen functional groups attached to an aromatic ring is 1. The van der Waals surface area contributed by atoms with E-state index < -0.39 is 0 Å². The van der Waals surface area contributed by atoms with Gasteiger partial charge < -0.3 is 10.7 Å². The van der Waals surface area contributed by atoms with E-state index in [9.17, 15) is 0 Å². The Labute approximate surface area is 103 Å². The molecule has 0 radical (unpaired) electrons. The van der Waals surface area contributed by atoms with E-state index >= 15 is 0 Å². The second kappa shape index (κ2) is 7.84. The summed E-state index contributed by atoms with van der Waals surface area (Å²) in [5, 5.41) is 3.31. The fourth-order valence-corrected chi connectivity index (χ4v) is 1.59. The van der Waals surface area contributed by atoms with Gasteiger partial charge in [-0.3, -0.25) is 0 Å². The molecule has 5 nitrogen and oxygen atoms in total. The van der Waals surface area contributed by atoms with E-state index in [1.54, 1.807) is 0 Å². The summed E-state index contributed by atoms with van der Waals surface area (Å²) in [6.45, 7) is 5.25. The number of hydrogen-bond acceptors (Lipinski definition) is 5. The Morgan fingerprint density at radius 2 is 1.88 bits per heavy atom. The minimum atomic E-state index is 0.668. The zero-order valence-corrected chi connectivity index (χ0v) is 10.8. The van der Waals surface area contributed by atoms with Crippen molar-refractivity contribution in [1.29, 1.82) is 0 Å². The Hall–Kier alpha value is -1.36. The normalized spacial score (nSPS) is 10.3. The molecule has 1 rings (SSSR count). The van der Waals surface area contributed by atoms with Crippen LogP contribution in [0.1, 0.15) is 45.4 Å². The molecule has 4 N–H and O–H groups in total. The fourth-order valence-electron chi connectivity index (χ4n) is 1.59. The lowest BCUT2D eigenvalue weighted by atomic mass is 10.2. The quantitative estimate of drug-likeness (QED) is 0.367. The van der Waals surface area contributed by atoms with Gasteiger partial charge in [0.1, 0.15) is 17.5 Å². The maximum absolute atomic E-state index is 5.39. The Bertz CT molecular complexity index is 327. The number of aromatic nitrogens is 2. The highest BCUT2D eigenvalue weighted by molar-refractivity contribution is 5.46. The summed E-state index contributed by atoms with van der Waals surface area (Å²) in [5.74, 6) is 7.75. The summed E-state index contributed by atoms with van der Waals surface area (Å²) >= 11 is 0. The first kappa shape index (κ1) is 13.7. The molecule has 1 heterocycles. The van der Waals surface area contributed by atoms with Crippen molar-refractivity contribution >= 4 is 11.6 Å². The number of nitrogens with zero attached hydrogens (tertiary/aromatic N) is 2. The molecular weight excluding hydrogens is 214 g/mol. The molecule has 1 aromatic rings. The monoisotopic (exact) mass is 237 g/mol. The first-order chi connectivity index (χ1) is 8.30. The second-order valence-corrected chi connectivity index (χ2v) is 4.08. The SMILES string of the molecule is CCCCCNc1cc(NN)nc(CCC)n1. The van der Waals surface area contributed by atoms with Crippen LogP contribution >= 0.6 is 0 Å². The average molecular weight is 237 g/mol. The molecule has 5 heteroatoms. The van der Waals surface area contributed by atoms with Gasteiger partial charge in [-0.1, -0.05) is 26.7 Å². The number of unbranched alkanes of at least 4 members (excludes halogenated alkanes) is 2. The van der Waals surface area contributed by atoms with E-state index in [1.165, 1.54) is 12.8 Å². The van der Waals surface area contributed by atoms with Gasteiger partial charge in [0.25, 0.3) is 0 Å². The van der Waals surface area contributed by atoms with Crippen molar-refractivity contribution in [3.63, 3.8) is 0 Å². The number of hydrogen-bond donors (Lipinski definition) is 3.